The van der Waals surface area contributed by atoms with Gasteiger partial charge in [0.25, 0.3) is 0 Å². The van der Waals surface area contributed by atoms with Gasteiger partial charge < -0.3 is 4.74 Å². The van der Waals surface area contributed by atoms with Crippen molar-refractivity contribution in [3.05, 3.63) is 83.2 Å². The molecule has 0 aliphatic carbocycles. The van der Waals surface area contributed by atoms with Crippen LogP contribution in [-0.4, -0.2) is 12.1 Å². The summed E-state index contributed by atoms with van der Waals surface area (Å²) in [6, 6.07) is 24.3. The second kappa shape index (κ2) is 7.32. The summed E-state index contributed by atoms with van der Waals surface area (Å²) in [6.07, 6.45) is 0. The molecule has 4 heteroatoms. The van der Waals surface area contributed by atoms with Gasteiger partial charge in [0, 0.05) is 10.6 Å². The molecule has 0 aliphatic heterocycles. The minimum absolute atomic E-state index is 0.721. The van der Waals surface area contributed by atoms with Crippen molar-refractivity contribution in [3.63, 3.8) is 0 Å². The molecule has 0 saturated carbocycles. The van der Waals surface area contributed by atoms with Crippen LogP contribution >= 0.6 is 22.9 Å². The van der Waals surface area contributed by atoms with E-state index in [0.717, 1.165) is 43.7 Å². The first kappa shape index (κ1) is 16.8. The van der Waals surface area contributed by atoms with Crippen LogP contribution in [0.3, 0.4) is 0 Å². The molecule has 128 valence electrons. The zero-order chi connectivity index (χ0) is 17.9. The average Bonchev–Trinajstić information content (AvgIpc) is 3.23. The maximum Gasteiger partial charge on any atom is 0.118 e. The summed E-state index contributed by atoms with van der Waals surface area (Å²) >= 11 is 7.73. The van der Waals surface area contributed by atoms with E-state index >= 15 is 0 Å². The van der Waals surface area contributed by atoms with Crippen LogP contribution in [0.4, 0.5) is 0 Å². The van der Waals surface area contributed by atoms with E-state index in [1.54, 1.807) is 18.4 Å². The predicted molar refractivity (Wildman–Crippen MR) is 110 cm³/mol. The van der Waals surface area contributed by atoms with Crippen LogP contribution in [0, 0.1) is 0 Å². The van der Waals surface area contributed by atoms with Crippen LogP contribution in [0.25, 0.3) is 33.0 Å². The number of ether oxygens (including phenoxy) is 1. The highest BCUT2D eigenvalue weighted by atomic mass is 35.5. The number of benzene rings is 2. The highest BCUT2D eigenvalue weighted by molar-refractivity contribution is 7.13. The van der Waals surface area contributed by atoms with E-state index in [1.165, 1.54) is 0 Å². The molecule has 4 aromatic rings. The molecule has 0 atom stereocenters. The molecule has 2 heterocycles. The van der Waals surface area contributed by atoms with Crippen LogP contribution in [0.2, 0.25) is 5.02 Å². The molecule has 0 amide bonds. The summed E-state index contributed by atoms with van der Waals surface area (Å²) < 4.78 is 5.27. The van der Waals surface area contributed by atoms with Crippen LogP contribution in [0.5, 0.6) is 5.75 Å². The zero-order valence-electron chi connectivity index (χ0n) is 14.1. The summed E-state index contributed by atoms with van der Waals surface area (Å²) in [5, 5.41) is 2.79. The monoisotopic (exact) mass is 377 g/mol. The Morgan fingerprint density at radius 3 is 2.15 bits per heavy atom. The number of pyridine rings is 1. The lowest BCUT2D eigenvalue weighted by atomic mass is 10.0. The van der Waals surface area contributed by atoms with E-state index in [4.69, 9.17) is 21.3 Å². The van der Waals surface area contributed by atoms with Gasteiger partial charge in [0.2, 0.25) is 0 Å². The quantitative estimate of drug-likeness (QED) is 0.390. The first-order valence-electron chi connectivity index (χ1n) is 8.19. The van der Waals surface area contributed by atoms with Gasteiger partial charge in [0.1, 0.15) is 5.75 Å². The Balaban J connectivity index is 1.85. The molecule has 2 nitrogen and oxygen atoms in total. The fourth-order valence-electron chi connectivity index (χ4n) is 2.80. The molecule has 0 saturated heterocycles. The van der Waals surface area contributed by atoms with Crippen LogP contribution in [0.1, 0.15) is 0 Å². The van der Waals surface area contributed by atoms with Gasteiger partial charge in [-0.2, -0.15) is 0 Å². The maximum atomic E-state index is 6.04. The minimum Gasteiger partial charge on any atom is -0.497 e. The fourth-order valence-corrected chi connectivity index (χ4v) is 3.61. The number of aromatic nitrogens is 1. The molecule has 26 heavy (non-hydrogen) atoms. The minimum atomic E-state index is 0.721. The van der Waals surface area contributed by atoms with Crippen LogP contribution < -0.4 is 4.74 Å². The molecule has 0 aliphatic rings. The summed E-state index contributed by atoms with van der Waals surface area (Å²) in [7, 11) is 1.68. The lowest BCUT2D eigenvalue weighted by molar-refractivity contribution is 0.415. The smallest absolute Gasteiger partial charge is 0.118 e. The Morgan fingerprint density at radius 1 is 0.808 bits per heavy atom. The summed E-state index contributed by atoms with van der Waals surface area (Å²) in [6.45, 7) is 0. The highest BCUT2D eigenvalue weighted by Crippen LogP contribution is 2.32. The Morgan fingerprint density at radius 2 is 1.50 bits per heavy atom. The van der Waals surface area contributed by atoms with Crippen molar-refractivity contribution < 1.29 is 4.74 Å². The van der Waals surface area contributed by atoms with Crippen molar-refractivity contribution in [2.75, 3.05) is 7.11 Å². The maximum absolute atomic E-state index is 6.04. The Kier molecular flexibility index (Phi) is 4.74. The van der Waals surface area contributed by atoms with Gasteiger partial charge in [0.15, 0.2) is 0 Å². The number of rotatable bonds is 4. The number of nitrogens with zero attached hydrogens (tertiary/aromatic N) is 1. The predicted octanol–water partition coefficient (Wildman–Crippen LogP) is 6.81. The molecular weight excluding hydrogens is 362 g/mol. The van der Waals surface area contributed by atoms with Crippen molar-refractivity contribution in [1.82, 2.24) is 4.98 Å². The Bertz CT molecular complexity index is 1010. The lowest BCUT2D eigenvalue weighted by Gasteiger charge is -2.10. The molecule has 0 spiro atoms. The van der Waals surface area contributed by atoms with Crippen LogP contribution in [-0.2, 0) is 0 Å². The summed E-state index contributed by atoms with van der Waals surface area (Å²) in [4.78, 5) is 6.03. The van der Waals surface area contributed by atoms with Gasteiger partial charge in [-0.1, -0.05) is 41.9 Å². The molecule has 2 aromatic carbocycles. The first-order chi connectivity index (χ1) is 12.7. The molecule has 0 N–H and O–H groups in total. The molecule has 0 unspecified atom stereocenters. The Labute approximate surface area is 161 Å². The van der Waals surface area contributed by atoms with Crippen molar-refractivity contribution in [2.45, 2.75) is 0 Å². The third-order valence-electron chi connectivity index (χ3n) is 4.16. The molecule has 0 radical (unpaired) electrons. The molecule has 0 bridgehead atoms. The van der Waals surface area contributed by atoms with Crippen molar-refractivity contribution in [2.24, 2.45) is 0 Å². The van der Waals surface area contributed by atoms with Gasteiger partial charge in [-0.15, -0.1) is 11.3 Å². The van der Waals surface area contributed by atoms with E-state index in [1.807, 2.05) is 42.5 Å². The van der Waals surface area contributed by atoms with Crippen molar-refractivity contribution >= 4 is 22.9 Å². The largest absolute Gasteiger partial charge is 0.497 e. The van der Waals surface area contributed by atoms with E-state index in [-0.39, 0.29) is 0 Å². The number of hydrogen-bond donors (Lipinski definition) is 0. The Hall–Kier alpha value is -2.62. The van der Waals surface area contributed by atoms with E-state index in [9.17, 15) is 0 Å². The van der Waals surface area contributed by atoms with Gasteiger partial charge in [-0.05, 0) is 59.0 Å². The van der Waals surface area contributed by atoms with Crippen molar-refractivity contribution in [3.8, 4) is 38.7 Å². The van der Waals surface area contributed by atoms with Gasteiger partial charge in [-0.25, -0.2) is 4.98 Å². The molecule has 4 rings (SSSR count). The summed E-state index contributed by atoms with van der Waals surface area (Å²) in [5.74, 6) is 0.846. The number of hydrogen-bond acceptors (Lipinski definition) is 3. The van der Waals surface area contributed by atoms with Gasteiger partial charge >= 0.3 is 0 Å². The highest BCUT2D eigenvalue weighted by Gasteiger charge is 2.10. The van der Waals surface area contributed by atoms with Crippen LogP contribution in [0.15, 0.2) is 78.2 Å². The first-order valence-corrected chi connectivity index (χ1v) is 9.45. The standard InChI is InChI=1S/C22H16ClNOS/c1-25-19-10-6-15(7-11-19)17-13-20(16-4-8-18(23)9-5-16)24-21(14-17)22-3-2-12-26-22/h2-14H,1H3. The van der Waals surface area contributed by atoms with E-state index in [2.05, 4.69) is 35.7 Å². The third kappa shape index (κ3) is 3.50. The third-order valence-corrected chi connectivity index (χ3v) is 5.31. The molecule has 0 fully saturated rings. The number of methoxy groups -OCH3 is 1. The second-order valence-corrected chi connectivity index (χ2v) is 7.22. The normalized spacial score (nSPS) is 10.7. The fraction of sp³-hybridized carbons (Fsp3) is 0.0455. The molecular formula is C22H16ClNOS. The van der Waals surface area contributed by atoms with E-state index in [0.29, 0.717) is 0 Å². The van der Waals surface area contributed by atoms with E-state index < -0.39 is 0 Å². The number of halogens is 1. The number of thiophene rings is 1. The zero-order valence-corrected chi connectivity index (χ0v) is 15.7. The lowest BCUT2D eigenvalue weighted by Crippen LogP contribution is -1.90. The van der Waals surface area contributed by atoms with Crippen molar-refractivity contribution in [1.29, 1.82) is 0 Å². The van der Waals surface area contributed by atoms with Gasteiger partial charge in [0.05, 0.1) is 23.4 Å². The second-order valence-electron chi connectivity index (χ2n) is 5.84. The SMILES string of the molecule is COc1ccc(-c2cc(-c3ccc(Cl)cc3)nc(-c3cccs3)c2)cc1. The average molecular weight is 378 g/mol. The molecule has 2 aromatic heterocycles. The van der Waals surface area contributed by atoms with Gasteiger partial charge in [-0.3, -0.25) is 0 Å². The summed E-state index contributed by atoms with van der Waals surface area (Å²) in [5.41, 5.74) is 5.19. The topological polar surface area (TPSA) is 22.1 Å².